The lowest BCUT2D eigenvalue weighted by Crippen LogP contribution is -2.40. The fourth-order valence-electron chi connectivity index (χ4n) is 2.98. The maximum absolute atomic E-state index is 13.4. The molecule has 0 radical (unpaired) electrons. The molecule has 106 valence electrons. The molecule has 0 saturated carbocycles. The lowest BCUT2D eigenvalue weighted by atomic mass is 9.99. The molecular weight excluding hydrogens is 241 g/mol. The van der Waals surface area contributed by atoms with E-state index < -0.39 is 0 Å². The summed E-state index contributed by atoms with van der Waals surface area (Å²) in [6.07, 6.45) is 1.14. The molecule has 1 aliphatic rings. The van der Waals surface area contributed by atoms with Crippen LogP contribution in [0.5, 0.6) is 0 Å². The van der Waals surface area contributed by atoms with E-state index in [9.17, 15) is 4.39 Å². The summed E-state index contributed by atoms with van der Waals surface area (Å²) in [4.78, 5) is 4.63. The van der Waals surface area contributed by atoms with Crippen LogP contribution in [0.1, 0.15) is 24.9 Å². The van der Waals surface area contributed by atoms with E-state index in [2.05, 4.69) is 23.9 Å². The molecule has 0 aliphatic carbocycles. The second-order valence-corrected chi connectivity index (χ2v) is 5.76. The minimum absolute atomic E-state index is 0.0114. The summed E-state index contributed by atoms with van der Waals surface area (Å²) in [5.74, 6) is -0.188. The summed E-state index contributed by atoms with van der Waals surface area (Å²) in [5.41, 5.74) is 7.12. The van der Waals surface area contributed by atoms with Gasteiger partial charge in [-0.2, -0.15) is 0 Å². The van der Waals surface area contributed by atoms with E-state index in [1.807, 2.05) is 13.0 Å². The van der Waals surface area contributed by atoms with Gasteiger partial charge in [0.15, 0.2) is 0 Å². The van der Waals surface area contributed by atoms with Crippen LogP contribution in [-0.2, 0) is 0 Å². The van der Waals surface area contributed by atoms with Crippen molar-refractivity contribution in [2.75, 3.05) is 27.2 Å². The third kappa shape index (κ3) is 3.32. The Morgan fingerprint density at radius 1 is 1.42 bits per heavy atom. The maximum atomic E-state index is 13.4. The van der Waals surface area contributed by atoms with Crippen LogP contribution in [0.4, 0.5) is 4.39 Å². The fourth-order valence-corrected chi connectivity index (χ4v) is 2.98. The zero-order valence-electron chi connectivity index (χ0n) is 12.0. The number of likely N-dealkylation sites (N-methyl/N-ethyl adjacent to an activating group) is 1. The van der Waals surface area contributed by atoms with Crippen LogP contribution in [0.25, 0.3) is 0 Å². The van der Waals surface area contributed by atoms with Crippen molar-refractivity contribution in [3.63, 3.8) is 0 Å². The van der Waals surface area contributed by atoms with Gasteiger partial charge in [0.1, 0.15) is 5.82 Å². The molecule has 2 N–H and O–H groups in total. The van der Waals surface area contributed by atoms with Crippen LogP contribution in [0.15, 0.2) is 24.3 Å². The van der Waals surface area contributed by atoms with Crippen molar-refractivity contribution < 1.29 is 4.39 Å². The molecule has 3 nitrogen and oxygen atoms in total. The Labute approximate surface area is 115 Å². The van der Waals surface area contributed by atoms with Gasteiger partial charge in [-0.25, -0.2) is 4.39 Å². The first-order valence-electron chi connectivity index (χ1n) is 6.90. The predicted molar refractivity (Wildman–Crippen MR) is 76.5 cm³/mol. The Hall–Kier alpha value is -0.970. The van der Waals surface area contributed by atoms with Crippen molar-refractivity contribution in [1.29, 1.82) is 0 Å². The van der Waals surface area contributed by atoms with Crippen molar-refractivity contribution in [3.8, 4) is 0 Å². The smallest absolute Gasteiger partial charge is 0.123 e. The van der Waals surface area contributed by atoms with Crippen LogP contribution in [-0.4, -0.2) is 49.1 Å². The number of likely N-dealkylation sites (tertiary alicyclic amines) is 1. The van der Waals surface area contributed by atoms with Crippen LogP contribution < -0.4 is 5.73 Å². The average molecular weight is 265 g/mol. The molecule has 3 unspecified atom stereocenters. The predicted octanol–water partition coefficient (Wildman–Crippen LogP) is 1.85. The molecule has 1 aromatic rings. The Morgan fingerprint density at radius 2 is 2.16 bits per heavy atom. The van der Waals surface area contributed by atoms with Crippen LogP contribution in [0, 0.1) is 5.82 Å². The van der Waals surface area contributed by atoms with Crippen molar-refractivity contribution in [2.24, 2.45) is 5.73 Å². The molecule has 0 aromatic heterocycles. The number of halogens is 1. The van der Waals surface area contributed by atoms with Gasteiger partial charge in [0.2, 0.25) is 0 Å². The number of nitrogens with zero attached hydrogens (tertiary/aromatic N) is 2. The van der Waals surface area contributed by atoms with E-state index in [4.69, 9.17) is 5.73 Å². The molecule has 0 bridgehead atoms. The SMILES string of the molecule is CC(N)C(c1cccc(F)c1)N1CCC(N(C)C)C1. The van der Waals surface area contributed by atoms with Crippen molar-refractivity contribution >= 4 is 0 Å². The Balaban J connectivity index is 2.18. The van der Waals surface area contributed by atoms with Gasteiger partial charge in [-0.05, 0) is 45.1 Å². The first-order valence-corrected chi connectivity index (χ1v) is 6.90. The van der Waals surface area contributed by atoms with Gasteiger partial charge in [0, 0.05) is 31.2 Å². The van der Waals surface area contributed by atoms with Gasteiger partial charge in [-0.3, -0.25) is 4.90 Å². The highest BCUT2D eigenvalue weighted by Crippen LogP contribution is 2.28. The molecule has 1 fully saturated rings. The van der Waals surface area contributed by atoms with E-state index in [1.165, 1.54) is 6.07 Å². The van der Waals surface area contributed by atoms with Crippen LogP contribution in [0.3, 0.4) is 0 Å². The second kappa shape index (κ2) is 5.99. The highest BCUT2D eigenvalue weighted by molar-refractivity contribution is 5.22. The van der Waals surface area contributed by atoms with Gasteiger partial charge in [-0.1, -0.05) is 12.1 Å². The Bertz CT molecular complexity index is 420. The third-order valence-electron chi connectivity index (χ3n) is 4.01. The zero-order valence-corrected chi connectivity index (χ0v) is 12.0. The third-order valence-corrected chi connectivity index (χ3v) is 4.01. The molecular formula is C15H24FN3. The molecule has 1 aromatic carbocycles. The summed E-state index contributed by atoms with van der Waals surface area (Å²) >= 11 is 0. The lowest BCUT2D eigenvalue weighted by molar-refractivity contribution is 0.197. The van der Waals surface area contributed by atoms with Gasteiger partial charge in [0.05, 0.1) is 0 Å². The van der Waals surface area contributed by atoms with E-state index in [1.54, 1.807) is 12.1 Å². The van der Waals surface area contributed by atoms with Gasteiger partial charge in [0.25, 0.3) is 0 Å². The molecule has 1 aliphatic heterocycles. The molecule has 3 atom stereocenters. The fraction of sp³-hybridized carbons (Fsp3) is 0.600. The summed E-state index contributed by atoms with van der Waals surface area (Å²) in [6, 6.07) is 7.48. The highest BCUT2D eigenvalue weighted by atomic mass is 19.1. The van der Waals surface area contributed by atoms with Crippen molar-refractivity contribution in [2.45, 2.75) is 31.5 Å². The Kier molecular flexibility index (Phi) is 4.55. The van der Waals surface area contributed by atoms with Gasteiger partial charge < -0.3 is 10.6 Å². The molecule has 1 heterocycles. The summed E-state index contributed by atoms with van der Waals surface area (Å²) in [6.45, 7) is 4.01. The number of hydrogen-bond acceptors (Lipinski definition) is 3. The summed E-state index contributed by atoms with van der Waals surface area (Å²) in [7, 11) is 4.22. The zero-order chi connectivity index (χ0) is 14.0. The molecule has 0 amide bonds. The quantitative estimate of drug-likeness (QED) is 0.902. The standard InChI is InChI=1S/C15H24FN3/c1-11(17)15(12-5-4-6-13(16)9-12)19-8-7-14(10-19)18(2)3/h4-6,9,11,14-15H,7-8,10,17H2,1-3H3. The Morgan fingerprint density at radius 3 is 2.68 bits per heavy atom. The van der Waals surface area contributed by atoms with Gasteiger partial charge in [-0.15, -0.1) is 0 Å². The molecule has 4 heteroatoms. The number of benzene rings is 1. The van der Waals surface area contributed by atoms with Crippen LogP contribution in [0.2, 0.25) is 0 Å². The number of rotatable bonds is 4. The van der Waals surface area contributed by atoms with E-state index in [0.717, 1.165) is 25.1 Å². The van der Waals surface area contributed by atoms with E-state index in [0.29, 0.717) is 6.04 Å². The van der Waals surface area contributed by atoms with Gasteiger partial charge >= 0.3 is 0 Å². The molecule has 19 heavy (non-hydrogen) atoms. The largest absolute Gasteiger partial charge is 0.326 e. The average Bonchev–Trinajstić information content (AvgIpc) is 2.78. The van der Waals surface area contributed by atoms with Crippen LogP contribution >= 0.6 is 0 Å². The first kappa shape index (κ1) is 14.4. The number of hydrogen-bond donors (Lipinski definition) is 1. The van der Waals surface area contributed by atoms with E-state index >= 15 is 0 Å². The topological polar surface area (TPSA) is 32.5 Å². The molecule has 1 saturated heterocycles. The summed E-state index contributed by atoms with van der Waals surface area (Å²) < 4.78 is 13.4. The highest BCUT2D eigenvalue weighted by Gasteiger charge is 2.32. The van der Waals surface area contributed by atoms with E-state index in [-0.39, 0.29) is 17.9 Å². The minimum atomic E-state index is -0.188. The maximum Gasteiger partial charge on any atom is 0.123 e. The molecule has 2 rings (SSSR count). The number of nitrogens with two attached hydrogens (primary N) is 1. The van der Waals surface area contributed by atoms with Crippen molar-refractivity contribution in [3.05, 3.63) is 35.6 Å². The lowest BCUT2D eigenvalue weighted by Gasteiger charge is -2.32. The second-order valence-electron chi connectivity index (χ2n) is 5.76. The molecule has 0 spiro atoms. The van der Waals surface area contributed by atoms with Crippen molar-refractivity contribution in [1.82, 2.24) is 9.80 Å². The normalized spacial score (nSPS) is 23.8. The monoisotopic (exact) mass is 265 g/mol. The first-order chi connectivity index (χ1) is 8.99. The minimum Gasteiger partial charge on any atom is -0.326 e. The summed E-state index contributed by atoms with van der Waals surface area (Å²) in [5, 5.41) is 0.